The molecule has 0 aliphatic carbocycles. The van der Waals surface area contributed by atoms with E-state index >= 15 is 0 Å². The van der Waals surface area contributed by atoms with E-state index in [2.05, 4.69) is 31.4 Å². The summed E-state index contributed by atoms with van der Waals surface area (Å²) < 4.78 is 13.0. The third kappa shape index (κ3) is 5.60. The predicted octanol–water partition coefficient (Wildman–Crippen LogP) is 4.80. The molecular formula is C26H23BrN4O4S. The van der Waals surface area contributed by atoms with Crippen LogP contribution in [-0.2, 0) is 4.79 Å². The lowest BCUT2D eigenvalue weighted by atomic mass is 10.1. The van der Waals surface area contributed by atoms with Crippen LogP contribution < -0.4 is 20.5 Å². The van der Waals surface area contributed by atoms with Gasteiger partial charge in [-0.25, -0.2) is 10.4 Å². The SMILES string of the molecule is COc1ccc(/C(C)=N\NC(=O)CSc2nc3ccccc3c(=O)n2-c2ccc(Br)cc2)cc1OC. The molecule has 0 spiro atoms. The zero-order valence-electron chi connectivity index (χ0n) is 19.8. The second-order valence-corrected chi connectivity index (χ2v) is 9.48. The summed E-state index contributed by atoms with van der Waals surface area (Å²) in [4.78, 5) is 30.6. The largest absolute Gasteiger partial charge is 0.493 e. The summed E-state index contributed by atoms with van der Waals surface area (Å²) in [5.74, 6) is 0.864. The van der Waals surface area contributed by atoms with E-state index in [1.807, 2.05) is 36.4 Å². The van der Waals surface area contributed by atoms with Crippen molar-refractivity contribution in [1.82, 2.24) is 15.0 Å². The van der Waals surface area contributed by atoms with Crippen molar-refractivity contribution in [3.8, 4) is 17.2 Å². The van der Waals surface area contributed by atoms with Gasteiger partial charge in [0.15, 0.2) is 16.7 Å². The number of benzene rings is 3. The van der Waals surface area contributed by atoms with E-state index in [0.29, 0.717) is 39.0 Å². The minimum atomic E-state index is -0.329. The number of amides is 1. The van der Waals surface area contributed by atoms with Gasteiger partial charge in [-0.3, -0.25) is 14.2 Å². The van der Waals surface area contributed by atoms with E-state index in [4.69, 9.17) is 9.47 Å². The number of thioether (sulfide) groups is 1. The van der Waals surface area contributed by atoms with Gasteiger partial charge in [0.2, 0.25) is 0 Å². The number of rotatable bonds is 8. The predicted molar refractivity (Wildman–Crippen MR) is 146 cm³/mol. The van der Waals surface area contributed by atoms with Crippen LogP contribution in [0.15, 0.2) is 86.3 Å². The van der Waals surface area contributed by atoms with Crippen LogP contribution in [0.1, 0.15) is 12.5 Å². The van der Waals surface area contributed by atoms with E-state index in [0.717, 1.165) is 21.8 Å². The standard InChI is InChI=1S/C26H23BrN4O4S/c1-16(17-8-13-22(34-2)23(14-17)35-3)29-30-24(32)15-36-26-28-21-7-5-4-6-20(21)25(33)31(26)19-11-9-18(27)10-12-19/h4-14H,15H2,1-3H3,(H,30,32)/b29-16-. The highest BCUT2D eigenvalue weighted by Gasteiger charge is 2.15. The molecule has 0 bridgehead atoms. The van der Waals surface area contributed by atoms with Crippen LogP contribution in [0, 0.1) is 0 Å². The van der Waals surface area contributed by atoms with Crippen LogP contribution in [0.2, 0.25) is 0 Å². The number of hydrogen-bond donors (Lipinski definition) is 1. The number of carbonyl (C=O) groups is 1. The monoisotopic (exact) mass is 566 g/mol. The third-order valence-electron chi connectivity index (χ3n) is 5.31. The first-order valence-electron chi connectivity index (χ1n) is 10.9. The molecule has 1 amide bonds. The van der Waals surface area contributed by atoms with Crippen molar-refractivity contribution in [2.45, 2.75) is 12.1 Å². The van der Waals surface area contributed by atoms with Gasteiger partial charge in [-0.05, 0) is 61.5 Å². The Morgan fingerprint density at radius 2 is 1.78 bits per heavy atom. The molecular weight excluding hydrogens is 544 g/mol. The lowest BCUT2D eigenvalue weighted by Gasteiger charge is -2.13. The van der Waals surface area contributed by atoms with Gasteiger partial charge in [-0.15, -0.1) is 0 Å². The van der Waals surface area contributed by atoms with Crippen molar-refractivity contribution in [2.75, 3.05) is 20.0 Å². The second kappa shape index (κ2) is 11.4. The number of para-hydroxylation sites is 1. The maximum absolute atomic E-state index is 13.3. The molecule has 0 saturated heterocycles. The molecule has 0 atom stereocenters. The number of hydrazone groups is 1. The number of nitrogens with zero attached hydrogens (tertiary/aromatic N) is 3. The second-order valence-electron chi connectivity index (χ2n) is 7.62. The Kier molecular flexibility index (Phi) is 8.07. The third-order valence-corrected chi connectivity index (χ3v) is 6.78. The number of halogens is 1. The highest BCUT2D eigenvalue weighted by atomic mass is 79.9. The summed E-state index contributed by atoms with van der Waals surface area (Å²) in [6.07, 6.45) is 0. The first-order chi connectivity index (χ1) is 17.4. The van der Waals surface area contributed by atoms with Crippen LogP contribution in [0.4, 0.5) is 0 Å². The Balaban J connectivity index is 1.55. The number of hydrogen-bond acceptors (Lipinski definition) is 7. The molecule has 0 unspecified atom stereocenters. The Hall–Kier alpha value is -3.63. The van der Waals surface area contributed by atoms with Crippen molar-refractivity contribution >= 4 is 50.2 Å². The molecule has 36 heavy (non-hydrogen) atoms. The number of nitrogens with one attached hydrogen (secondary N) is 1. The van der Waals surface area contributed by atoms with Gasteiger partial charge in [-0.1, -0.05) is 39.8 Å². The average Bonchev–Trinajstić information content (AvgIpc) is 2.91. The molecule has 4 rings (SSSR count). The van der Waals surface area contributed by atoms with Crippen molar-refractivity contribution in [3.05, 3.63) is 87.1 Å². The summed E-state index contributed by atoms with van der Waals surface area (Å²) in [5.41, 5.74) is 4.98. The first kappa shape index (κ1) is 25.5. The number of carbonyl (C=O) groups excluding carboxylic acids is 1. The summed E-state index contributed by atoms with van der Waals surface area (Å²) in [6, 6.07) is 19.9. The molecule has 184 valence electrons. The summed E-state index contributed by atoms with van der Waals surface area (Å²) in [7, 11) is 3.12. The smallest absolute Gasteiger partial charge is 0.266 e. The van der Waals surface area contributed by atoms with E-state index in [9.17, 15) is 9.59 Å². The Bertz CT molecular complexity index is 1500. The zero-order valence-corrected chi connectivity index (χ0v) is 22.2. The number of ether oxygens (including phenoxy) is 2. The topological polar surface area (TPSA) is 94.8 Å². The fraction of sp³-hybridized carbons (Fsp3) is 0.154. The minimum absolute atomic E-state index is 0.0179. The maximum atomic E-state index is 13.3. The number of fused-ring (bicyclic) bond motifs is 1. The van der Waals surface area contributed by atoms with Crippen LogP contribution in [0.3, 0.4) is 0 Å². The van der Waals surface area contributed by atoms with Gasteiger partial charge in [-0.2, -0.15) is 5.10 Å². The van der Waals surface area contributed by atoms with Gasteiger partial charge in [0.1, 0.15) is 0 Å². The molecule has 1 aromatic heterocycles. The van der Waals surface area contributed by atoms with Crippen molar-refractivity contribution in [2.24, 2.45) is 5.10 Å². The molecule has 8 nitrogen and oxygen atoms in total. The molecule has 0 fully saturated rings. The maximum Gasteiger partial charge on any atom is 0.266 e. The number of aromatic nitrogens is 2. The number of methoxy groups -OCH3 is 2. The average molecular weight is 567 g/mol. The van der Waals surface area contributed by atoms with Gasteiger partial charge in [0, 0.05) is 10.0 Å². The zero-order chi connectivity index (χ0) is 25.7. The molecule has 4 aromatic rings. The Morgan fingerprint density at radius 1 is 1.06 bits per heavy atom. The fourth-order valence-electron chi connectivity index (χ4n) is 3.46. The molecule has 0 aliphatic heterocycles. The molecule has 10 heteroatoms. The normalized spacial score (nSPS) is 11.4. The van der Waals surface area contributed by atoms with Crippen LogP contribution in [0.5, 0.6) is 11.5 Å². The van der Waals surface area contributed by atoms with E-state index < -0.39 is 0 Å². The Morgan fingerprint density at radius 3 is 2.50 bits per heavy atom. The van der Waals surface area contributed by atoms with E-state index in [-0.39, 0.29) is 17.2 Å². The minimum Gasteiger partial charge on any atom is -0.493 e. The highest BCUT2D eigenvalue weighted by Crippen LogP contribution is 2.28. The molecule has 0 saturated carbocycles. The lowest BCUT2D eigenvalue weighted by Crippen LogP contribution is -2.24. The molecule has 0 aliphatic rings. The fourth-order valence-corrected chi connectivity index (χ4v) is 4.53. The first-order valence-corrected chi connectivity index (χ1v) is 12.6. The molecule has 1 N–H and O–H groups in total. The van der Waals surface area contributed by atoms with Crippen molar-refractivity contribution < 1.29 is 14.3 Å². The van der Waals surface area contributed by atoms with Crippen LogP contribution in [-0.4, -0.2) is 41.1 Å². The van der Waals surface area contributed by atoms with Crippen LogP contribution >= 0.6 is 27.7 Å². The summed E-state index contributed by atoms with van der Waals surface area (Å²) >= 11 is 4.58. The Labute approximate surface area is 220 Å². The van der Waals surface area contributed by atoms with Gasteiger partial charge < -0.3 is 9.47 Å². The molecule has 1 heterocycles. The summed E-state index contributed by atoms with van der Waals surface area (Å²) in [6.45, 7) is 1.78. The van der Waals surface area contributed by atoms with Crippen LogP contribution in [0.25, 0.3) is 16.6 Å². The quantitative estimate of drug-likeness (QED) is 0.142. The highest BCUT2D eigenvalue weighted by molar-refractivity contribution is 9.10. The van der Waals surface area contributed by atoms with Gasteiger partial charge in [0.05, 0.1) is 42.3 Å². The van der Waals surface area contributed by atoms with E-state index in [1.165, 1.54) is 4.57 Å². The van der Waals surface area contributed by atoms with E-state index in [1.54, 1.807) is 51.5 Å². The molecule has 0 radical (unpaired) electrons. The molecule has 3 aromatic carbocycles. The van der Waals surface area contributed by atoms with Crippen molar-refractivity contribution in [3.63, 3.8) is 0 Å². The summed E-state index contributed by atoms with van der Waals surface area (Å²) in [5, 5.41) is 5.13. The lowest BCUT2D eigenvalue weighted by molar-refractivity contribution is -0.118. The van der Waals surface area contributed by atoms with Gasteiger partial charge >= 0.3 is 0 Å². The van der Waals surface area contributed by atoms with Crippen molar-refractivity contribution in [1.29, 1.82) is 0 Å². The van der Waals surface area contributed by atoms with Gasteiger partial charge in [0.25, 0.3) is 11.5 Å².